The zero-order valence-corrected chi connectivity index (χ0v) is 23.3. The Morgan fingerprint density at radius 2 is 1.70 bits per heavy atom. The molecule has 0 bridgehead atoms. The Bertz CT molecular complexity index is 1980. The second-order valence-corrected chi connectivity index (χ2v) is 9.85. The molecule has 0 unspecified atom stereocenters. The van der Waals surface area contributed by atoms with Crippen molar-refractivity contribution in [2.75, 3.05) is 5.32 Å². The molecule has 0 aliphatic carbocycles. The lowest BCUT2D eigenvalue weighted by Crippen LogP contribution is -2.13. The SMILES string of the molecule is Cc1cc(/C=C(\C#N)C(=O)Nc2cccc3ccccc23)c(C)n1-c1ccc(Oc2ccc(C(F)(F)F)cc2[N+](=O)[O-])cc1. The van der Waals surface area contributed by atoms with Gasteiger partial charge in [-0.1, -0.05) is 36.4 Å². The Labute approximate surface area is 249 Å². The van der Waals surface area contributed by atoms with E-state index in [1.807, 2.05) is 66.9 Å². The molecule has 1 aromatic heterocycles. The van der Waals surface area contributed by atoms with Gasteiger partial charge in [-0.3, -0.25) is 14.9 Å². The molecule has 4 aromatic carbocycles. The zero-order valence-electron chi connectivity index (χ0n) is 23.3. The summed E-state index contributed by atoms with van der Waals surface area (Å²) in [5.74, 6) is -0.703. The molecule has 0 saturated heterocycles. The molecule has 44 heavy (non-hydrogen) atoms. The number of anilines is 1. The molecule has 5 rings (SSSR count). The van der Waals surface area contributed by atoms with Gasteiger partial charge in [-0.15, -0.1) is 0 Å². The van der Waals surface area contributed by atoms with Gasteiger partial charge in [0.1, 0.15) is 17.4 Å². The number of hydrogen-bond donors (Lipinski definition) is 1. The quantitative estimate of drug-likeness (QED) is 0.0877. The van der Waals surface area contributed by atoms with Crippen LogP contribution in [0.25, 0.3) is 22.5 Å². The van der Waals surface area contributed by atoms with Crippen LogP contribution in [0, 0.1) is 35.3 Å². The summed E-state index contributed by atoms with van der Waals surface area (Å²) in [6, 6.07) is 25.4. The van der Waals surface area contributed by atoms with Gasteiger partial charge in [0, 0.05) is 34.2 Å². The number of nitrogens with one attached hydrogen (secondary N) is 1. The second kappa shape index (κ2) is 11.8. The van der Waals surface area contributed by atoms with Crippen LogP contribution in [0.4, 0.5) is 24.5 Å². The molecule has 1 N–H and O–H groups in total. The predicted molar refractivity (Wildman–Crippen MR) is 160 cm³/mol. The number of alkyl halides is 3. The van der Waals surface area contributed by atoms with Gasteiger partial charge in [-0.2, -0.15) is 18.4 Å². The Balaban J connectivity index is 1.38. The summed E-state index contributed by atoms with van der Waals surface area (Å²) in [5.41, 5.74) is 1.41. The van der Waals surface area contributed by atoms with Crippen molar-refractivity contribution in [3.05, 3.63) is 129 Å². The molecular formula is C33H23F3N4O4. The van der Waals surface area contributed by atoms with Gasteiger partial charge in [0.05, 0.1) is 10.5 Å². The van der Waals surface area contributed by atoms with Gasteiger partial charge in [-0.25, -0.2) is 0 Å². The lowest BCUT2D eigenvalue weighted by atomic mass is 10.1. The van der Waals surface area contributed by atoms with E-state index in [4.69, 9.17) is 4.74 Å². The smallest absolute Gasteiger partial charge is 0.416 e. The Morgan fingerprint density at radius 1 is 1.00 bits per heavy atom. The maximum absolute atomic E-state index is 13.1. The number of benzene rings is 4. The number of carbonyl (C=O) groups is 1. The molecule has 8 nitrogen and oxygen atoms in total. The number of aromatic nitrogens is 1. The fraction of sp³-hybridized carbons (Fsp3) is 0.0909. The number of nitro benzene ring substituents is 1. The van der Waals surface area contributed by atoms with Gasteiger partial charge in [0.2, 0.25) is 5.75 Å². The number of fused-ring (bicyclic) bond motifs is 1. The second-order valence-electron chi connectivity index (χ2n) is 9.85. The summed E-state index contributed by atoms with van der Waals surface area (Å²) in [6.45, 7) is 3.68. The van der Waals surface area contributed by atoms with E-state index in [9.17, 15) is 33.3 Å². The summed E-state index contributed by atoms with van der Waals surface area (Å²) < 4.78 is 46.5. The highest BCUT2D eigenvalue weighted by Gasteiger charge is 2.33. The van der Waals surface area contributed by atoms with Crippen molar-refractivity contribution in [3.8, 4) is 23.3 Å². The lowest BCUT2D eigenvalue weighted by molar-refractivity contribution is -0.385. The number of nitro groups is 1. The maximum Gasteiger partial charge on any atom is 0.416 e. The van der Waals surface area contributed by atoms with E-state index in [0.29, 0.717) is 23.0 Å². The molecule has 1 amide bonds. The van der Waals surface area contributed by atoms with E-state index in [1.165, 1.54) is 18.2 Å². The first-order valence-electron chi connectivity index (χ1n) is 13.2. The van der Waals surface area contributed by atoms with E-state index in [1.54, 1.807) is 18.2 Å². The Kier molecular flexibility index (Phi) is 7.92. The number of ether oxygens (including phenoxy) is 1. The largest absolute Gasteiger partial charge is 0.450 e. The number of aryl methyl sites for hydroxylation is 1. The van der Waals surface area contributed by atoms with E-state index < -0.39 is 28.3 Å². The molecule has 1 heterocycles. The highest BCUT2D eigenvalue weighted by Crippen LogP contribution is 2.38. The van der Waals surface area contributed by atoms with Gasteiger partial charge in [0.15, 0.2) is 0 Å². The van der Waals surface area contributed by atoms with Crippen LogP contribution in [-0.4, -0.2) is 15.4 Å². The molecule has 0 fully saturated rings. The van der Waals surface area contributed by atoms with Gasteiger partial charge < -0.3 is 14.6 Å². The van der Waals surface area contributed by atoms with Crippen molar-refractivity contribution in [1.82, 2.24) is 4.57 Å². The van der Waals surface area contributed by atoms with E-state index in [0.717, 1.165) is 34.3 Å². The number of carbonyl (C=O) groups excluding carboxylic acids is 1. The molecule has 5 aromatic rings. The molecule has 0 spiro atoms. The first-order valence-corrected chi connectivity index (χ1v) is 13.2. The standard InChI is InChI=1S/C33H23F3N4O4/c1-20-16-23(17-24(19-37)32(41)38-29-9-5-7-22-6-3-4-8-28(22)29)21(2)39(20)26-11-13-27(14-12-26)44-31-15-10-25(33(34,35)36)18-30(31)40(42)43/h3-18H,1-2H3,(H,38,41)/b24-17+. The molecule has 0 atom stereocenters. The Morgan fingerprint density at radius 3 is 2.39 bits per heavy atom. The summed E-state index contributed by atoms with van der Waals surface area (Å²) in [5, 5.41) is 25.8. The van der Waals surface area contributed by atoms with E-state index in [-0.39, 0.29) is 17.1 Å². The highest BCUT2D eigenvalue weighted by atomic mass is 19.4. The average molecular weight is 597 g/mol. The maximum atomic E-state index is 13.1. The number of rotatable bonds is 7. The van der Waals surface area contributed by atoms with Crippen LogP contribution in [0.15, 0.2) is 96.6 Å². The fourth-order valence-electron chi connectivity index (χ4n) is 4.87. The van der Waals surface area contributed by atoms with Crippen LogP contribution >= 0.6 is 0 Å². The summed E-state index contributed by atoms with van der Waals surface area (Å²) in [6.07, 6.45) is -3.22. The molecule has 0 aliphatic rings. The molecule has 220 valence electrons. The number of halogens is 3. The molecule has 0 radical (unpaired) electrons. The third-order valence-electron chi connectivity index (χ3n) is 6.98. The number of amides is 1. The van der Waals surface area contributed by atoms with Crippen molar-refractivity contribution >= 4 is 34.1 Å². The third kappa shape index (κ3) is 6.00. The van der Waals surface area contributed by atoms with E-state index >= 15 is 0 Å². The molecular weight excluding hydrogens is 573 g/mol. The normalized spacial score (nSPS) is 11.7. The van der Waals surface area contributed by atoms with Crippen LogP contribution < -0.4 is 10.1 Å². The van der Waals surface area contributed by atoms with E-state index in [2.05, 4.69) is 5.32 Å². The van der Waals surface area contributed by atoms with Crippen LogP contribution in [0.3, 0.4) is 0 Å². The van der Waals surface area contributed by atoms with Crippen molar-refractivity contribution in [2.24, 2.45) is 0 Å². The van der Waals surface area contributed by atoms with Gasteiger partial charge in [0.25, 0.3) is 5.91 Å². The predicted octanol–water partition coefficient (Wildman–Crippen LogP) is 8.51. The number of nitrogens with zero attached hydrogens (tertiary/aromatic N) is 3. The number of hydrogen-bond acceptors (Lipinski definition) is 5. The van der Waals surface area contributed by atoms with Gasteiger partial charge in [-0.05, 0) is 79.4 Å². The Hall–Kier alpha value is -5.89. The fourth-order valence-corrected chi connectivity index (χ4v) is 4.87. The zero-order chi connectivity index (χ0) is 31.6. The first-order chi connectivity index (χ1) is 21.0. The van der Waals surface area contributed by atoms with Crippen molar-refractivity contribution in [2.45, 2.75) is 20.0 Å². The molecule has 0 saturated carbocycles. The summed E-state index contributed by atoms with van der Waals surface area (Å²) >= 11 is 0. The van der Waals surface area contributed by atoms with Crippen LogP contribution in [0.5, 0.6) is 11.5 Å². The minimum atomic E-state index is -4.74. The average Bonchev–Trinajstić information content (AvgIpc) is 3.27. The molecule has 11 heteroatoms. The number of nitriles is 1. The molecule has 0 aliphatic heterocycles. The highest BCUT2D eigenvalue weighted by molar-refractivity contribution is 6.13. The first kappa shape index (κ1) is 29.6. The lowest BCUT2D eigenvalue weighted by Gasteiger charge is -2.12. The van der Waals surface area contributed by atoms with Crippen LogP contribution in [-0.2, 0) is 11.0 Å². The third-order valence-corrected chi connectivity index (χ3v) is 6.98. The van der Waals surface area contributed by atoms with Gasteiger partial charge >= 0.3 is 11.9 Å². The minimum absolute atomic E-state index is 0.0833. The van der Waals surface area contributed by atoms with Crippen molar-refractivity contribution in [1.29, 1.82) is 5.26 Å². The van der Waals surface area contributed by atoms with Crippen molar-refractivity contribution < 1.29 is 27.6 Å². The summed E-state index contributed by atoms with van der Waals surface area (Å²) in [4.78, 5) is 23.5. The minimum Gasteiger partial charge on any atom is -0.450 e. The monoisotopic (exact) mass is 596 g/mol. The van der Waals surface area contributed by atoms with Crippen molar-refractivity contribution in [3.63, 3.8) is 0 Å². The topological polar surface area (TPSA) is 110 Å². The summed E-state index contributed by atoms with van der Waals surface area (Å²) in [7, 11) is 0. The van der Waals surface area contributed by atoms with Crippen LogP contribution in [0.1, 0.15) is 22.5 Å². The van der Waals surface area contributed by atoms with Crippen LogP contribution in [0.2, 0.25) is 0 Å².